The zero-order valence-electron chi connectivity index (χ0n) is 8.75. The molecule has 1 amide bonds. The van der Waals surface area contributed by atoms with Crippen LogP contribution in [0.3, 0.4) is 0 Å². The molecule has 0 aliphatic heterocycles. The Bertz CT molecular complexity index is 368. The third-order valence-corrected chi connectivity index (χ3v) is 1.71. The SMILES string of the molecule is CN(CC(=O)NCC(=O)O)c1ncccn1. The third kappa shape index (κ3) is 3.91. The molecule has 7 nitrogen and oxygen atoms in total. The normalized spacial score (nSPS) is 9.56. The molecule has 0 unspecified atom stereocenters. The van der Waals surface area contributed by atoms with E-state index in [1.165, 1.54) is 4.90 Å². The Morgan fingerprint density at radius 3 is 2.62 bits per heavy atom. The topological polar surface area (TPSA) is 95.4 Å². The summed E-state index contributed by atoms with van der Waals surface area (Å²) in [6.45, 7) is -0.375. The van der Waals surface area contributed by atoms with E-state index in [0.29, 0.717) is 5.95 Å². The van der Waals surface area contributed by atoms with E-state index >= 15 is 0 Å². The zero-order valence-corrected chi connectivity index (χ0v) is 8.75. The molecule has 0 aromatic carbocycles. The van der Waals surface area contributed by atoms with Crippen molar-refractivity contribution < 1.29 is 14.7 Å². The Morgan fingerprint density at radius 1 is 1.44 bits per heavy atom. The smallest absolute Gasteiger partial charge is 0.322 e. The van der Waals surface area contributed by atoms with Crippen LogP contribution in [0.25, 0.3) is 0 Å². The number of carboxylic acid groups (broad SMARTS) is 1. The molecular weight excluding hydrogens is 212 g/mol. The minimum absolute atomic E-state index is 0.0112. The number of nitrogens with one attached hydrogen (secondary N) is 1. The molecule has 16 heavy (non-hydrogen) atoms. The second-order valence-electron chi connectivity index (χ2n) is 3.08. The molecule has 1 aromatic rings. The van der Waals surface area contributed by atoms with Gasteiger partial charge in [0, 0.05) is 19.4 Å². The average molecular weight is 224 g/mol. The first-order valence-electron chi connectivity index (χ1n) is 4.56. The van der Waals surface area contributed by atoms with E-state index in [1.54, 1.807) is 25.5 Å². The third-order valence-electron chi connectivity index (χ3n) is 1.71. The summed E-state index contributed by atoms with van der Waals surface area (Å²) < 4.78 is 0. The Labute approximate surface area is 92.1 Å². The van der Waals surface area contributed by atoms with Crippen molar-refractivity contribution in [1.29, 1.82) is 0 Å². The van der Waals surface area contributed by atoms with Crippen LogP contribution in [-0.4, -0.2) is 47.1 Å². The molecule has 86 valence electrons. The molecule has 1 heterocycles. The number of carboxylic acids is 1. The molecule has 1 aromatic heterocycles. The van der Waals surface area contributed by atoms with Gasteiger partial charge in [0.1, 0.15) is 6.54 Å². The fourth-order valence-corrected chi connectivity index (χ4v) is 1.00. The number of aromatic nitrogens is 2. The minimum atomic E-state index is -1.08. The number of nitrogens with zero attached hydrogens (tertiary/aromatic N) is 3. The van der Waals surface area contributed by atoms with Gasteiger partial charge in [-0.05, 0) is 6.07 Å². The highest BCUT2D eigenvalue weighted by Gasteiger charge is 2.09. The van der Waals surface area contributed by atoms with Crippen LogP contribution in [0.1, 0.15) is 0 Å². The lowest BCUT2D eigenvalue weighted by Gasteiger charge is -2.15. The predicted molar refractivity (Wildman–Crippen MR) is 55.9 cm³/mol. The lowest BCUT2D eigenvalue weighted by atomic mass is 10.5. The van der Waals surface area contributed by atoms with E-state index in [0.717, 1.165) is 0 Å². The minimum Gasteiger partial charge on any atom is -0.480 e. The second-order valence-corrected chi connectivity index (χ2v) is 3.08. The number of carbonyl (C=O) groups excluding carboxylic acids is 1. The first-order chi connectivity index (χ1) is 7.59. The Balaban J connectivity index is 2.43. The molecule has 7 heteroatoms. The number of rotatable bonds is 5. The van der Waals surface area contributed by atoms with Crippen LogP contribution < -0.4 is 10.2 Å². The van der Waals surface area contributed by atoms with Gasteiger partial charge in [-0.3, -0.25) is 9.59 Å². The fourth-order valence-electron chi connectivity index (χ4n) is 1.00. The quantitative estimate of drug-likeness (QED) is 0.674. The number of carbonyl (C=O) groups is 2. The van der Waals surface area contributed by atoms with Crippen LogP contribution in [-0.2, 0) is 9.59 Å². The molecule has 1 rings (SSSR count). The Morgan fingerprint density at radius 2 is 2.06 bits per heavy atom. The summed E-state index contributed by atoms with van der Waals surface area (Å²) in [5.74, 6) is -1.06. The maximum absolute atomic E-state index is 11.3. The van der Waals surface area contributed by atoms with E-state index in [9.17, 15) is 9.59 Å². The molecule has 0 spiro atoms. The lowest BCUT2D eigenvalue weighted by molar-refractivity contribution is -0.137. The monoisotopic (exact) mass is 224 g/mol. The maximum Gasteiger partial charge on any atom is 0.322 e. The van der Waals surface area contributed by atoms with Gasteiger partial charge < -0.3 is 15.3 Å². The molecule has 0 bridgehead atoms. The van der Waals surface area contributed by atoms with Gasteiger partial charge in [0.15, 0.2) is 0 Å². The number of anilines is 1. The molecule has 0 aliphatic rings. The number of likely N-dealkylation sites (N-methyl/N-ethyl adjacent to an activating group) is 1. The van der Waals surface area contributed by atoms with Gasteiger partial charge >= 0.3 is 5.97 Å². The summed E-state index contributed by atoms with van der Waals surface area (Å²) in [5.41, 5.74) is 0. The van der Waals surface area contributed by atoms with Crippen LogP contribution in [0, 0.1) is 0 Å². The van der Waals surface area contributed by atoms with Crippen molar-refractivity contribution in [3.8, 4) is 0 Å². The van der Waals surface area contributed by atoms with Crippen molar-refractivity contribution in [2.75, 3.05) is 25.0 Å². The van der Waals surface area contributed by atoms with Gasteiger partial charge in [-0.15, -0.1) is 0 Å². The second kappa shape index (κ2) is 5.64. The molecule has 0 saturated carbocycles. The number of amides is 1. The maximum atomic E-state index is 11.3. The molecule has 0 fully saturated rings. The van der Waals surface area contributed by atoms with Crippen LogP contribution in [0.2, 0.25) is 0 Å². The Hall–Kier alpha value is -2.18. The van der Waals surface area contributed by atoms with Crippen LogP contribution in [0.4, 0.5) is 5.95 Å². The fraction of sp³-hybridized carbons (Fsp3) is 0.333. The molecule has 0 atom stereocenters. The van der Waals surface area contributed by atoms with Crippen LogP contribution in [0.5, 0.6) is 0 Å². The van der Waals surface area contributed by atoms with Crippen molar-refractivity contribution in [2.24, 2.45) is 0 Å². The van der Waals surface area contributed by atoms with Gasteiger partial charge in [0.25, 0.3) is 0 Å². The van der Waals surface area contributed by atoms with E-state index in [2.05, 4.69) is 15.3 Å². The number of aliphatic carboxylic acids is 1. The molecule has 0 radical (unpaired) electrons. The van der Waals surface area contributed by atoms with E-state index in [-0.39, 0.29) is 13.1 Å². The summed E-state index contributed by atoms with van der Waals surface area (Å²) in [6, 6.07) is 1.67. The van der Waals surface area contributed by atoms with E-state index in [1.807, 2.05) is 0 Å². The number of hydrogen-bond donors (Lipinski definition) is 2. The van der Waals surface area contributed by atoms with Crippen molar-refractivity contribution in [3.63, 3.8) is 0 Å². The van der Waals surface area contributed by atoms with Gasteiger partial charge in [-0.25, -0.2) is 9.97 Å². The van der Waals surface area contributed by atoms with Gasteiger partial charge in [-0.1, -0.05) is 0 Å². The number of hydrogen-bond acceptors (Lipinski definition) is 5. The first kappa shape index (κ1) is 11.9. The molecule has 0 aliphatic carbocycles. The Kier molecular flexibility index (Phi) is 4.19. The molecule has 2 N–H and O–H groups in total. The highest BCUT2D eigenvalue weighted by Crippen LogP contribution is 2.00. The van der Waals surface area contributed by atoms with Gasteiger partial charge in [0.05, 0.1) is 6.54 Å². The van der Waals surface area contributed by atoms with E-state index < -0.39 is 11.9 Å². The first-order valence-corrected chi connectivity index (χ1v) is 4.56. The van der Waals surface area contributed by atoms with Gasteiger partial charge in [0.2, 0.25) is 11.9 Å². The summed E-state index contributed by atoms with van der Waals surface area (Å²) in [7, 11) is 1.65. The average Bonchev–Trinajstić information content (AvgIpc) is 2.27. The standard InChI is InChI=1S/C9H12N4O3/c1-13(9-10-3-2-4-11-9)6-7(14)12-5-8(15)16/h2-4H,5-6H2,1H3,(H,12,14)(H,15,16). The van der Waals surface area contributed by atoms with Crippen molar-refractivity contribution in [2.45, 2.75) is 0 Å². The zero-order chi connectivity index (χ0) is 12.0. The van der Waals surface area contributed by atoms with Crippen LogP contribution in [0.15, 0.2) is 18.5 Å². The lowest BCUT2D eigenvalue weighted by Crippen LogP contribution is -2.38. The van der Waals surface area contributed by atoms with Crippen molar-refractivity contribution in [3.05, 3.63) is 18.5 Å². The molecular formula is C9H12N4O3. The van der Waals surface area contributed by atoms with Crippen molar-refractivity contribution in [1.82, 2.24) is 15.3 Å². The van der Waals surface area contributed by atoms with Crippen molar-refractivity contribution >= 4 is 17.8 Å². The highest BCUT2D eigenvalue weighted by atomic mass is 16.4. The predicted octanol–water partition coefficient (Wildman–Crippen LogP) is -0.886. The summed E-state index contributed by atoms with van der Waals surface area (Å²) in [5, 5.41) is 10.6. The summed E-state index contributed by atoms with van der Waals surface area (Å²) >= 11 is 0. The summed E-state index contributed by atoms with van der Waals surface area (Å²) in [4.78, 5) is 30.9. The largest absolute Gasteiger partial charge is 0.480 e. The summed E-state index contributed by atoms with van der Waals surface area (Å²) in [6.07, 6.45) is 3.13. The molecule has 0 saturated heterocycles. The van der Waals surface area contributed by atoms with Crippen LogP contribution >= 0.6 is 0 Å². The van der Waals surface area contributed by atoms with E-state index in [4.69, 9.17) is 5.11 Å². The van der Waals surface area contributed by atoms with Gasteiger partial charge in [-0.2, -0.15) is 0 Å². The highest BCUT2D eigenvalue weighted by molar-refractivity contribution is 5.84.